The molecule has 1 rings (SSSR count). The van der Waals surface area contributed by atoms with Gasteiger partial charge in [-0.05, 0) is 24.3 Å². The fourth-order valence-corrected chi connectivity index (χ4v) is 0.493. The molecule has 13 heavy (non-hydrogen) atoms. The van der Waals surface area contributed by atoms with Gasteiger partial charge < -0.3 is 25.2 Å². The van der Waals surface area contributed by atoms with Crippen molar-refractivity contribution in [1.29, 1.82) is 0 Å². The molecule has 0 saturated carbocycles. The first-order valence-corrected chi connectivity index (χ1v) is 3.48. The second-order valence-corrected chi connectivity index (χ2v) is 1.98. The highest BCUT2D eigenvalue weighted by Crippen LogP contribution is 2.13. The Hall–Kier alpha value is -1.30. The molecule has 0 aromatic heterocycles. The Morgan fingerprint density at radius 3 is 1.31 bits per heavy atom. The minimum atomic E-state index is -0.406. The topological polar surface area (TPSA) is 90.2 Å². The van der Waals surface area contributed by atoms with Crippen molar-refractivity contribution in [3.8, 4) is 11.5 Å². The maximum atomic E-state index is 8.65. The van der Waals surface area contributed by atoms with Crippen LogP contribution in [0, 0.1) is 0 Å². The van der Waals surface area contributed by atoms with Crippen LogP contribution in [0.4, 0.5) is 0 Å². The second kappa shape index (κ2) is 7.35. The zero-order chi connectivity index (χ0) is 10.1. The van der Waals surface area contributed by atoms with Crippen molar-refractivity contribution in [2.75, 3.05) is 13.6 Å². The summed E-state index contributed by atoms with van der Waals surface area (Å²) in [6, 6.07) is 5.70. The fourth-order valence-electron chi connectivity index (χ4n) is 0.493. The molecule has 0 spiro atoms. The molecule has 0 aliphatic carbocycles. The third kappa shape index (κ3) is 7.07. The molecule has 5 nitrogen and oxygen atoms in total. The standard InChI is InChI=1S/C6H6O2.C2H6O3/c7-5-1-2-6(8)4-3-5;3-1-5-2-4/h1-4,7-8H;3-4H,1-2H2. The molecule has 5 heteroatoms. The fraction of sp³-hybridized carbons (Fsp3) is 0.250. The van der Waals surface area contributed by atoms with Crippen LogP contribution in [0.2, 0.25) is 0 Å². The average Bonchev–Trinajstić information content (AvgIpc) is 2.13. The number of phenolic OH excluding ortho intramolecular Hbond substituents is 2. The highest BCUT2D eigenvalue weighted by Gasteiger charge is 1.84. The Bertz CT molecular complexity index is 185. The van der Waals surface area contributed by atoms with E-state index < -0.39 is 13.6 Å². The lowest BCUT2D eigenvalue weighted by molar-refractivity contribution is -0.0763. The van der Waals surface area contributed by atoms with Gasteiger partial charge in [-0.15, -0.1) is 0 Å². The molecule has 74 valence electrons. The maximum absolute atomic E-state index is 8.65. The molecular formula is C8H12O5. The predicted molar refractivity (Wildman–Crippen MR) is 45.0 cm³/mol. The van der Waals surface area contributed by atoms with Crippen LogP contribution in [0.5, 0.6) is 11.5 Å². The van der Waals surface area contributed by atoms with E-state index in [1.54, 1.807) is 0 Å². The van der Waals surface area contributed by atoms with Gasteiger partial charge in [-0.2, -0.15) is 0 Å². The van der Waals surface area contributed by atoms with Gasteiger partial charge in [-0.25, -0.2) is 0 Å². The molecule has 1 aromatic rings. The number of aliphatic hydroxyl groups excluding tert-OH is 2. The number of rotatable bonds is 2. The summed E-state index contributed by atoms with van der Waals surface area (Å²) in [7, 11) is 0. The largest absolute Gasteiger partial charge is 0.508 e. The third-order valence-corrected chi connectivity index (χ3v) is 1.03. The molecular weight excluding hydrogens is 176 g/mol. The number of aromatic hydroxyl groups is 2. The Morgan fingerprint density at radius 2 is 1.15 bits per heavy atom. The van der Waals surface area contributed by atoms with Crippen LogP contribution in [0.25, 0.3) is 0 Å². The van der Waals surface area contributed by atoms with Crippen molar-refractivity contribution in [3.05, 3.63) is 24.3 Å². The van der Waals surface area contributed by atoms with E-state index in [1.165, 1.54) is 24.3 Å². The zero-order valence-electron chi connectivity index (χ0n) is 6.92. The van der Waals surface area contributed by atoms with E-state index in [-0.39, 0.29) is 11.5 Å². The zero-order valence-corrected chi connectivity index (χ0v) is 6.92. The smallest absolute Gasteiger partial charge is 0.146 e. The van der Waals surface area contributed by atoms with Gasteiger partial charge in [-0.1, -0.05) is 0 Å². The predicted octanol–water partition coefficient (Wildman–Crippen LogP) is 0.000400. The normalized spacial score (nSPS) is 8.77. The lowest BCUT2D eigenvalue weighted by atomic mass is 10.3. The minimum Gasteiger partial charge on any atom is -0.508 e. The summed E-state index contributed by atoms with van der Waals surface area (Å²) in [6.45, 7) is -0.812. The van der Waals surface area contributed by atoms with Crippen LogP contribution >= 0.6 is 0 Å². The second-order valence-electron chi connectivity index (χ2n) is 1.98. The van der Waals surface area contributed by atoms with Gasteiger partial charge in [0, 0.05) is 0 Å². The summed E-state index contributed by atoms with van der Waals surface area (Å²) >= 11 is 0. The van der Waals surface area contributed by atoms with Crippen LogP contribution in [-0.2, 0) is 4.74 Å². The third-order valence-electron chi connectivity index (χ3n) is 1.03. The van der Waals surface area contributed by atoms with Gasteiger partial charge in [0.1, 0.15) is 25.1 Å². The minimum absolute atomic E-state index is 0.169. The molecule has 0 bridgehead atoms. The van der Waals surface area contributed by atoms with Crippen LogP contribution < -0.4 is 0 Å². The van der Waals surface area contributed by atoms with E-state index in [0.29, 0.717) is 0 Å². The van der Waals surface area contributed by atoms with Crippen LogP contribution in [-0.4, -0.2) is 34.0 Å². The summed E-state index contributed by atoms with van der Waals surface area (Å²) < 4.78 is 3.94. The maximum Gasteiger partial charge on any atom is 0.146 e. The highest BCUT2D eigenvalue weighted by atomic mass is 16.6. The Morgan fingerprint density at radius 1 is 0.846 bits per heavy atom. The van der Waals surface area contributed by atoms with Crippen molar-refractivity contribution in [1.82, 2.24) is 0 Å². The number of benzene rings is 1. The Kier molecular flexibility index (Phi) is 6.62. The van der Waals surface area contributed by atoms with Gasteiger partial charge >= 0.3 is 0 Å². The molecule has 0 heterocycles. The highest BCUT2D eigenvalue weighted by molar-refractivity contribution is 5.28. The van der Waals surface area contributed by atoms with Crippen molar-refractivity contribution < 1.29 is 25.2 Å². The number of phenols is 2. The quantitative estimate of drug-likeness (QED) is 0.387. The summed E-state index contributed by atoms with van der Waals surface area (Å²) in [5.41, 5.74) is 0. The van der Waals surface area contributed by atoms with Crippen molar-refractivity contribution >= 4 is 0 Å². The summed E-state index contributed by atoms with van der Waals surface area (Å²) in [5.74, 6) is 0.339. The molecule has 0 saturated heterocycles. The Labute approximate surface area is 75.5 Å². The van der Waals surface area contributed by atoms with E-state index in [4.69, 9.17) is 20.4 Å². The van der Waals surface area contributed by atoms with Gasteiger partial charge in [0.25, 0.3) is 0 Å². The van der Waals surface area contributed by atoms with Crippen LogP contribution in [0.15, 0.2) is 24.3 Å². The van der Waals surface area contributed by atoms with Crippen LogP contribution in [0.1, 0.15) is 0 Å². The molecule has 1 aromatic carbocycles. The molecule has 0 radical (unpaired) electrons. The number of hydrogen-bond acceptors (Lipinski definition) is 5. The lowest BCUT2D eigenvalue weighted by Gasteiger charge is -1.88. The molecule has 0 aliphatic heterocycles. The summed E-state index contributed by atoms with van der Waals surface area (Å²) in [6.07, 6.45) is 0. The summed E-state index contributed by atoms with van der Waals surface area (Å²) in [4.78, 5) is 0. The molecule has 0 fully saturated rings. The van der Waals surface area contributed by atoms with Crippen LogP contribution in [0.3, 0.4) is 0 Å². The van der Waals surface area contributed by atoms with Crippen molar-refractivity contribution in [2.45, 2.75) is 0 Å². The Balaban J connectivity index is 0.000000252. The van der Waals surface area contributed by atoms with Gasteiger partial charge in [0.05, 0.1) is 0 Å². The van der Waals surface area contributed by atoms with Crippen molar-refractivity contribution in [2.24, 2.45) is 0 Å². The molecule has 0 unspecified atom stereocenters. The first-order chi connectivity index (χ1) is 6.20. The molecule has 0 amide bonds. The van der Waals surface area contributed by atoms with Crippen molar-refractivity contribution in [3.63, 3.8) is 0 Å². The number of ether oxygens (including phenoxy) is 1. The van der Waals surface area contributed by atoms with Gasteiger partial charge in [0.2, 0.25) is 0 Å². The van der Waals surface area contributed by atoms with Gasteiger partial charge in [0.15, 0.2) is 0 Å². The SMILES string of the molecule is OCOCO.Oc1ccc(O)cc1. The van der Waals surface area contributed by atoms with E-state index in [0.717, 1.165) is 0 Å². The first kappa shape index (κ1) is 11.7. The van der Waals surface area contributed by atoms with E-state index in [2.05, 4.69) is 4.74 Å². The van der Waals surface area contributed by atoms with E-state index in [9.17, 15) is 0 Å². The number of aliphatic hydroxyl groups is 2. The summed E-state index contributed by atoms with van der Waals surface area (Å²) in [5, 5.41) is 32.7. The first-order valence-electron chi connectivity index (χ1n) is 3.48. The number of hydrogen-bond donors (Lipinski definition) is 4. The van der Waals surface area contributed by atoms with E-state index >= 15 is 0 Å². The molecule has 0 atom stereocenters. The monoisotopic (exact) mass is 188 g/mol. The lowest BCUT2D eigenvalue weighted by Crippen LogP contribution is -1.91. The molecule has 4 N–H and O–H groups in total. The van der Waals surface area contributed by atoms with E-state index in [1.807, 2.05) is 0 Å². The molecule has 0 aliphatic rings. The van der Waals surface area contributed by atoms with Gasteiger partial charge in [-0.3, -0.25) is 0 Å². The average molecular weight is 188 g/mol.